The molecule has 0 atom stereocenters. The summed E-state index contributed by atoms with van der Waals surface area (Å²) in [5, 5.41) is -0.0645. The molecule has 3 N–H and O–H groups in total. The Labute approximate surface area is 144 Å². The van der Waals surface area contributed by atoms with Crippen molar-refractivity contribution >= 4 is 39.2 Å². The summed E-state index contributed by atoms with van der Waals surface area (Å²) in [6.07, 6.45) is -4.51. The molecule has 134 valence electrons. The van der Waals surface area contributed by atoms with E-state index in [1.807, 2.05) is 0 Å². The smallest absolute Gasteiger partial charge is 0.418 e. The van der Waals surface area contributed by atoms with Crippen LogP contribution in [0.4, 0.5) is 19.0 Å². The van der Waals surface area contributed by atoms with Crippen LogP contribution in [0.25, 0.3) is 10.2 Å². The van der Waals surface area contributed by atoms with Crippen molar-refractivity contribution in [2.45, 2.75) is 26.1 Å². The van der Waals surface area contributed by atoms with Gasteiger partial charge in [0, 0.05) is 23.7 Å². The van der Waals surface area contributed by atoms with Gasteiger partial charge in [0.2, 0.25) is 5.91 Å². The van der Waals surface area contributed by atoms with E-state index >= 15 is 0 Å². The number of thiophene rings is 1. The highest BCUT2D eigenvalue weighted by Crippen LogP contribution is 2.44. The molecule has 2 aromatic heterocycles. The average molecular weight is 374 g/mol. The van der Waals surface area contributed by atoms with Crippen LogP contribution in [-0.2, 0) is 28.7 Å². The summed E-state index contributed by atoms with van der Waals surface area (Å²) in [5.41, 5.74) is 4.38. The Bertz CT molecular complexity index is 892. The van der Waals surface area contributed by atoms with Crippen molar-refractivity contribution in [3.8, 4) is 0 Å². The van der Waals surface area contributed by atoms with Crippen molar-refractivity contribution in [3.63, 3.8) is 0 Å². The van der Waals surface area contributed by atoms with Gasteiger partial charge in [-0.05, 0) is 12.0 Å². The molecular formula is C15H15F3N3O3S+. The number of nitrogens with two attached hydrogens (primary N) is 1. The van der Waals surface area contributed by atoms with E-state index in [0.717, 1.165) is 18.4 Å². The number of nitrogens with zero attached hydrogens (tertiary/aromatic N) is 1. The zero-order valence-electron chi connectivity index (χ0n) is 13.4. The van der Waals surface area contributed by atoms with Gasteiger partial charge in [-0.2, -0.15) is 13.2 Å². The van der Waals surface area contributed by atoms with Crippen molar-refractivity contribution in [1.29, 1.82) is 0 Å². The molecule has 3 rings (SSSR count). The number of esters is 1. The zero-order valence-corrected chi connectivity index (χ0v) is 14.2. The number of amides is 1. The minimum absolute atomic E-state index is 0.0645. The standard InChI is InChI=1S/C15H14F3N3O3S/c1-6(22)21-4-3-7-8(5-21)25-13-9(7)11(15(16,17)18)10(12(19)20-13)14(23)24-2/h3-5H2,1-2H3,(H2,19,20)/p+1. The van der Waals surface area contributed by atoms with E-state index < -0.39 is 29.1 Å². The van der Waals surface area contributed by atoms with Crippen molar-refractivity contribution < 1.29 is 32.5 Å². The zero-order chi connectivity index (χ0) is 18.5. The van der Waals surface area contributed by atoms with Crippen LogP contribution in [-0.4, -0.2) is 30.4 Å². The maximum absolute atomic E-state index is 13.8. The highest BCUT2D eigenvalue weighted by Gasteiger charge is 2.43. The Morgan fingerprint density at radius 1 is 1.36 bits per heavy atom. The molecule has 6 nitrogen and oxygen atoms in total. The number of alkyl halides is 3. The molecule has 1 aliphatic heterocycles. The van der Waals surface area contributed by atoms with E-state index in [2.05, 4.69) is 9.72 Å². The number of hydrogen-bond donors (Lipinski definition) is 1. The summed E-state index contributed by atoms with van der Waals surface area (Å²) in [6.45, 7) is 1.98. The third-order valence-electron chi connectivity index (χ3n) is 4.19. The van der Waals surface area contributed by atoms with E-state index in [0.29, 0.717) is 17.0 Å². The number of carbonyl (C=O) groups excluding carboxylic acids is 2. The molecule has 0 aliphatic carbocycles. The predicted molar refractivity (Wildman–Crippen MR) is 83.9 cm³/mol. The molecular weight excluding hydrogens is 359 g/mol. The molecule has 0 saturated carbocycles. The van der Waals surface area contributed by atoms with Crippen molar-refractivity contribution in [1.82, 2.24) is 4.90 Å². The molecule has 0 bridgehead atoms. The SMILES string of the molecule is COC(=O)c1c(N)[nH+]c2sc3c(c2c1C(F)(F)F)CCN(C(C)=O)C3. The van der Waals surface area contributed by atoms with Crippen molar-refractivity contribution in [3.05, 3.63) is 21.6 Å². The Hall–Kier alpha value is -2.36. The summed E-state index contributed by atoms with van der Waals surface area (Å²) in [4.78, 5) is 28.6. The second kappa shape index (κ2) is 5.87. The Balaban J connectivity index is 2.33. The van der Waals surface area contributed by atoms with Gasteiger partial charge in [-0.25, -0.2) is 9.78 Å². The maximum Gasteiger partial charge on any atom is 0.418 e. The first-order valence-electron chi connectivity index (χ1n) is 7.35. The fraction of sp³-hybridized carbons (Fsp3) is 0.400. The number of aromatic amines is 1. The molecule has 0 unspecified atom stereocenters. The Morgan fingerprint density at radius 3 is 2.60 bits per heavy atom. The third-order valence-corrected chi connectivity index (χ3v) is 5.32. The lowest BCUT2D eigenvalue weighted by Gasteiger charge is -2.26. The van der Waals surface area contributed by atoms with Gasteiger partial charge in [0.05, 0.1) is 19.2 Å². The lowest BCUT2D eigenvalue weighted by molar-refractivity contribution is -0.324. The first kappa shape index (κ1) is 17.5. The third kappa shape index (κ3) is 2.80. The minimum Gasteiger partial charge on any atom is -0.465 e. The van der Waals surface area contributed by atoms with E-state index in [4.69, 9.17) is 5.73 Å². The number of ether oxygens (including phenoxy) is 1. The van der Waals surface area contributed by atoms with Crippen LogP contribution < -0.4 is 10.7 Å². The Kier molecular flexibility index (Phi) is 4.10. The second-order valence-electron chi connectivity index (χ2n) is 5.68. The van der Waals surface area contributed by atoms with Crippen molar-refractivity contribution in [2.75, 3.05) is 19.4 Å². The Morgan fingerprint density at radius 2 is 2.04 bits per heavy atom. The van der Waals surface area contributed by atoms with Crippen LogP contribution in [0, 0.1) is 0 Å². The van der Waals surface area contributed by atoms with Crippen molar-refractivity contribution in [2.24, 2.45) is 0 Å². The summed E-state index contributed by atoms with van der Waals surface area (Å²) in [5.74, 6) is -1.68. The van der Waals surface area contributed by atoms with Gasteiger partial charge in [-0.15, -0.1) is 0 Å². The average Bonchev–Trinajstić information content (AvgIpc) is 2.88. The van der Waals surface area contributed by atoms with E-state index in [-0.39, 0.29) is 29.1 Å². The molecule has 1 aliphatic rings. The summed E-state index contributed by atoms with van der Waals surface area (Å²) >= 11 is 1.11. The maximum atomic E-state index is 13.8. The molecule has 0 aromatic carbocycles. The van der Waals surface area contributed by atoms with Gasteiger partial charge in [0.25, 0.3) is 5.82 Å². The molecule has 0 spiro atoms. The van der Waals surface area contributed by atoms with Crippen LogP contribution in [0.3, 0.4) is 0 Å². The number of anilines is 1. The largest absolute Gasteiger partial charge is 0.465 e. The van der Waals surface area contributed by atoms with Crippen LogP contribution >= 0.6 is 11.3 Å². The van der Waals surface area contributed by atoms with Crippen LogP contribution in [0.5, 0.6) is 0 Å². The summed E-state index contributed by atoms with van der Waals surface area (Å²) in [7, 11) is 1.000. The number of methoxy groups -OCH3 is 1. The number of halogens is 3. The molecule has 2 aromatic rings. The highest BCUT2D eigenvalue weighted by molar-refractivity contribution is 7.18. The highest BCUT2D eigenvalue weighted by atomic mass is 32.1. The fourth-order valence-electron chi connectivity index (χ4n) is 3.07. The molecule has 3 heterocycles. The molecule has 10 heteroatoms. The summed E-state index contributed by atoms with van der Waals surface area (Å²) in [6, 6.07) is 0. The van der Waals surface area contributed by atoms with Gasteiger partial charge in [0.1, 0.15) is 0 Å². The topological polar surface area (TPSA) is 86.8 Å². The quantitative estimate of drug-likeness (QED) is 0.774. The number of hydrogen-bond acceptors (Lipinski definition) is 5. The molecule has 0 fully saturated rings. The van der Waals surface area contributed by atoms with Gasteiger partial charge in [-0.1, -0.05) is 11.3 Å². The van der Waals surface area contributed by atoms with E-state index in [9.17, 15) is 22.8 Å². The molecule has 1 amide bonds. The fourth-order valence-corrected chi connectivity index (χ4v) is 4.35. The van der Waals surface area contributed by atoms with E-state index in [1.165, 1.54) is 6.92 Å². The van der Waals surface area contributed by atoms with Gasteiger partial charge in [-0.3, -0.25) is 10.5 Å². The van der Waals surface area contributed by atoms with Crippen LogP contribution in [0.1, 0.15) is 33.3 Å². The van der Waals surface area contributed by atoms with E-state index in [1.54, 1.807) is 4.90 Å². The second-order valence-corrected chi connectivity index (χ2v) is 6.78. The number of fused-ring (bicyclic) bond motifs is 3. The minimum atomic E-state index is -4.78. The van der Waals surface area contributed by atoms with Crippen LogP contribution in [0.15, 0.2) is 0 Å². The lowest BCUT2D eigenvalue weighted by atomic mass is 9.97. The number of nitrogens with one attached hydrogen (secondary N) is 1. The number of carbonyl (C=O) groups is 2. The summed E-state index contributed by atoms with van der Waals surface area (Å²) < 4.78 is 45.8. The number of rotatable bonds is 1. The van der Waals surface area contributed by atoms with Gasteiger partial charge >= 0.3 is 12.1 Å². The molecule has 0 radical (unpaired) electrons. The first-order chi connectivity index (χ1) is 11.6. The number of pyridine rings is 1. The number of nitrogen functional groups attached to an aromatic ring is 1. The van der Waals surface area contributed by atoms with Gasteiger partial charge < -0.3 is 9.64 Å². The number of aromatic nitrogens is 1. The normalized spacial score (nSPS) is 14.5. The van der Waals surface area contributed by atoms with Gasteiger partial charge in [0.15, 0.2) is 10.4 Å². The first-order valence-corrected chi connectivity index (χ1v) is 8.16. The molecule has 0 saturated heterocycles. The predicted octanol–water partition coefficient (Wildman–Crippen LogP) is 2.01. The van der Waals surface area contributed by atoms with Crippen LogP contribution in [0.2, 0.25) is 0 Å². The lowest BCUT2D eigenvalue weighted by Crippen LogP contribution is -2.33. The monoisotopic (exact) mass is 374 g/mol. The molecule has 25 heavy (non-hydrogen) atoms. The number of H-pyrrole nitrogens is 1.